The fourth-order valence-corrected chi connectivity index (χ4v) is 2.38. The molecule has 0 bridgehead atoms. The molecule has 3 heterocycles. The van der Waals surface area contributed by atoms with Gasteiger partial charge in [0, 0.05) is 16.7 Å². The van der Waals surface area contributed by atoms with Crippen molar-refractivity contribution in [3.8, 4) is 0 Å². The van der Waals surface area contributed by atoms with Crippen LogP contribution in [0.1, 0.15) is 31.1 Å². The number of oxazole rings is 3. The highest BCUT2D eigenvalue weighted by atomic mass is 16.4. The average molecular weight is 408 g/mol. The summed E-state index contributed by atoms with van der Waals surface area (Å²) in [6, 6.07) is 3.75. The van der Waals surface area contributed by atoms with E-state index in [1.54, 1.807) is 0 Å². The van der Waals surface area contributed by atoms with Crippen molar-refractivity contribution in [3.63, 3.8) is 0 Å². The highest BCUT2D eigenvalue weighted by molar-refractivity contribution is 6.12. The molecule has 12 nitrogen and oxygen atoms in total. The second-order valence-electron chi connectivity index (χ2n) is 5.67. The topological polar surface area (TPSA) is 165 Å². The maximum absolute atomic E-state index is 12.6. The maximum Gasteiger partial charge on any atom is 0.301 e. The lowest BCUT2D eigenvalue weighted by molar-refractivity contribution is 0.102. The Balaban J connectivity index is 1.64. The molecule has 0 saturated heterocycles. The van der Waals surface area contributed by atoms with Crippen LogP contribution in [0, 0.1) is 0 Å². The molecule has 0 radical (unpaired) electrons. The Morgan fingerprint density at radius 2 is 0.867 bits per heavy atom. The summed E-state index contributed by atoms with van der Waals surface area (Å²) in [5, 5.41) is 7.26. The lowest BCUT2D eigenvalue weighted by Gasteiger charge is -2.09. The van der Waals surface area contributed by atoms with Gasteiger partial charge < -0.3 is 13.3 Å². The van der Waals surface area contributed by atoms with Gasteiger partial charge in [-0.15, -0.1) is 0 Å². The lowest BCUT2D eigenvalue weighted by atomic mass is 10.0. The first-order chi connectivity index (χ1) is 14.6. The summed E-state index contributed by atoms with van der Waals surface area (Å²) in [5.74, 6) is -1.94. The minimum Gasteiger partial charge on any atom is -0.432 e. The second-order valence-corrected chi connectivity index (χ2v) is 5.67. The number of hydrogen-bond acceptors (Lipinski definition) is 9. The second kappa shape index (κ2) is 8.10. The van der Waals surface area contributed by atoms with E-state index in [2.05, 4.69) is 30.9 Å². The first kappa shape index (κ1) is 18.6. The van der Waals surface area contributed by atoms with E-state index >= 15 is 0 Å². The fourth-order valence-electron chi connectivity index (χ4n) is 2.38. The standard InChI is InChI=1S/C18H12N6O6/c25-13(22-16-19-1-4-28-16)10-7-11(14(26)23-17-20-2-5-29-17)9-12(8-10)15(27)24-18-21-3-6-30-18/h1-9H,(H,19,22,25)(H,20,23,26)(H,21,24,27). The average Bonchev–Trinajstić information content (AvgIpc) is 3.51. The number of aromatic nitrogens is 3. The molecule has 0 aliphatic heterocycles. The molecule has 0 fully saturated rings. The van der Waals surface area contributed by atoms with E-state index in [1.807, 2.05) is 0 Å². The van der Waals surface area contributed by atoms with Gasteiger partial charge >= 0.3 is 18.0 Å². The Morgan fingerprint density at radius 3 is 1.10 bits per heavy atom. The Morgan fingerprint density at radius 1 is 0.567 bits per heavy atom. The van der Waals surface area contributed by atoms with E-state index < -0.39 is 17.7 Å². The molecule has 0 unspecified atom stereocenters. The molecule has 0 atom stereocenters. The minimum atomic E-state index is -0.645. The van der Waals surface area contributed by atoms with E-state index in [0.717, 1.165) is 0 Å². The summed E-state index contributed by atoms with van der Waals surface area (Å²) >= 11 is 0. The first-order valence-electron chi connectivity index (χ1n) is 8.36. The number of nitrogens with zero attached hydrogens (tertiary/aromatic N) is 3. The third-order valence-corrected chi connectivity index (χ3v) is 3.68. The Bertz CT molecular complexity index is 1010. The Labute approximate surface area is 167 Å². The summed E-state index contributed by atoms with van der Waals surface area (Å²) in [5.41, 5.74) is 0.0161. The minimum absolute atomic E-state index is 0.00538. The predicted molar refractivity (Wildman–Crippen MR) is 99.8 cm³/mol. The number of nitrogens with one attached hydrogen (secondary N) is 3. The van der Waals surface area contributed by atoms with Crippen molar-refractivity contribution >= 4 is 35.8 Å². The maximum atomic E-state index is 12.6. The number of anilines is 3. The van der Waals surface area contributed by atoms with Crippen LogP contribution < -0.4 is 16.0 Å². The molecule has 0 spiro atoms. The van der Waals surface area contributed by atoms with E-state index in [-0.39, 0.29) is 34.7 Å². The van der Waals surface area contributed by atoms with Crippen LogP contribution >= 0.6 is 0 Å². The largest absolute Gasteiger partial charge is 0.432 e. The predicted octanol–water partition coefficient (Wildman–Crippen LogP) is 2.41. The van der Waals surface area contributed by atoms with Crippen molar-refractivity contribution in [1.29, 1.82) is 0 Å². The monoisotopic (exact) mass is 408 g/mol. The summed E-state index contributed by atoms with van der Waals surface area (Å²) in [4.78, 5) is 49.1. The molecule has 12 heteroatoms. The summed E-state index contributed by atoms with van der Waals surface area (Å²) in [6.07, 6.45) is 7.91. The third-order valence-electron chi connectivity index (χ3n) is 3.68. The van der Waals surface area contributed by atoms with Gasteiger partial charge in [0.1, 0.15) is 18.8 Å². The van der Waals surface area contributed by atoms with Gasteiger partial charge in [-0.1, -0.05) is 0 Å². The summed E-state index contributed by atoms with van der Waals surface area (Å²) in [6.45, 7) is 0. The highest BCUT2D eigenvalue weighted by Crippen LogP contribution is 2.16. The molecule has 3 amide bonds. The van der Waals surface area contributed by atoms with Gasteiger partial charge in [0.15, 0.2) is 0 Å². The van der Waals surface area contributed by atoms with Crippen molar-refractivity contribution in [2.75, 3.05) is 16.0 Å². The van der Waals surface area contributed by atoms with Crippen LogP contribution in [0.2, 0.25) is 0 Å². The summed E-state index contributed by atoms with van der Waals surface area (Å²) in [7, 11) is 0. The van der Waals surface area contributed by atoms with Crippen molar-refractivity contribution < 1.29 is 27.6 Å². The van der Waals surface area contributed by atoms with Gasteiger partial charge in [0.25, 0.3) is 17.7 Å². The molecule has 0 saturated carbocycles. The van der Waals surface area contributed by atoms with E-state index in [4.69, 9.17) is 13.3 Å². The number of hydrogen-bond donors (Lipinski definition) is 3. The fraction of sp³-hybridized carbons (Fsp3) is 0. The van der Waals surface area contributed by atoms with Crippen LogP contribution in [0.25, 0.3) is 0 Å². The zero-order valence-corrected chi connectivity index (χ0v) is 15.0. The van der Waals surface area contributed by atoms with Crippen molar-refractivity contribution in [3.05, 3.63) is 72.3 Å². The molecule has 0 aliphatic carbocycles. The molecule has 4 rings (SSSR count). The first-order valence-corrected chi connectivity index (χ1v) is 8.36. The van der Waals surface area contributed by atoms with Gasteiger partial charge in [-0.2, -0.15) is 0 Å². The van der Waals surface area contributed by atoms with Crippen LogP contribution in [0.3, 0.4) is 0 Å². The molecule has 3 N–H and O–H groups in total. The van der Waals surface area contributed by atoms with Crippen molar-refractivity contribution in [2.24, 2.45) is 0 Å². The van der Waals surface area contributed by atoms with Crippen LogP contribution in [-0.2, 0) is 0 Å². The van der Waals surface area contributed by atoms with E-state index in [1.165, 1.54) is 55.6 Å². The van der Waals surface area contributed by atoms with Crippen LogP contribution in [0.5, 0.6) is 0 Å². The quantitative estimate of drug-likeness (QED) is 0.434. The summed E-state index contributed by atoms with van der Waals surface area (Å²) < 4.78 is 14.9. The highest BCUT2D eigenvalue weighted by Gasteiger charge is 2.19. The van der Waals surface area contributed by atoms with Crippen molar-refractivity contribution in [2.45, 2.75) is 0 Å². The molecule has 150 valence electrons. The molecule has 0 aliphatic rings. The SMILES string of the molecule is O=C(Nc1ncco1)c1cc(C(=O)Nc2ncco2)cc(C(=O)Nc2ncco2)c1. The lowest BCUT2D eigenvalue weighted by Crippen LogP contribution is -2.19. The smallest absolute Gasteiger partial charge is 0.301 e. The Hall–Kier alpha value is -4.74. The zero-order chi connectivity index (χ0) is 20.9. The number of carbonyl (C=O) groups excluding carboxylic acids is 3. The van der Waals surface area contributed by atoms with Crippen LogP contribution in [0.4, 0.5) is 18.0 Å². The molecule has 4 aromatic rings. The van der Waals surface area contributed by atoms with Crippen LogP contribution in [0.15, 0.2) is 68.8 Å². The molecule has 1 aromatic carbocycles. The molecule has 30 heavy (non-hydrogen) atoms. The molecule has 3 aromatic heterocycles. The van der Waals surface area contributed by atoms with Crippen LogP contribution in [-0.4, -0.2) is 32.7 Å². The van der Waals surface area contributed by atoms with E-state index in [9.17, 15) is 14.4 Å². The molecular weight excluding hydrogens is 396 g/mol. The van der Waals surface area contributed by atoms with Crippen molar-refractivity contribution in [1.82, 2.24) is 15.0 Å². The zero-order valence-electron chi connectivity index (χ0n) is 15.0. The third kappa shape index (κ3) is 4.22. The number of rotatable bonds is 6. The Kier molecular flexibility index (Phi) is 5.02. The van der Waals surface area contributed by atoms with Gasteiger partial charge in [-0.25, -0.2) is 15.0 Å². The van der Waals surface area contributed by atoms with E-state index in [0.29, 0.717) is 0 Å². The van der Waals surface area contributed by atoms with Gasteiger partial charge in [-0.3, -0.25) is 30.3 Å². The number of benzene rings is 1. The molecular formula is C18H12N6O6. The van der Waals surface area contributed by atoms with Gasteiger partial charge in [0.2, 0.25) is 0 Å². The van der Waals surface area contributed by atoms with Gasteiger partial charge in [-0.05, 0) is 18.2 Å². The number of carbonyl (C=O) groups is 3. The number of amides is 3. The van der Waals surface area contributed by atoms with Gasteiger partial charge in [0.05, 0.1) is 18.6 Å². The normalized spacial score (nSPS) is 10.4.